The van der Waals surface area contributed by atoms with Crippen molar-refractivity contribution in [2.24, 2.45) is 0 Å². The van der Waals surface area contributed by atoms with Gasteiger partial charge < -0.3 is 10.2 Å². The Balaban J connectivity index is 1.80. The van der Waals surface area contributed by atoms with E-state index < -0.39 is 0 Å². The predicted octanol–water partition coefficient (Wildman–Crippen LogP) is 1.24. The van der Waals surface area contributed by atoms with E-state index in [4.69, 9.17) is 0 Å². The fourth-order valence-electron chi connectivity index (χ4n) is 2.67. The first-order chi connectivity index (χ1) is 10.7. The molecule has 2 aromatic rings. The number of anilines is 1. The molecule has 1 amide bonds. The van der Waals surface area contributed by atoms with Crippen molar-refractivity contribution in [2.45, 2.75) is 32.4 Å². The molecule has 3 rings (SSSR count). The van der Waals surface area contributed by atoms with Gasteiger partial charge in [0.05, 0.1) is 42.6 Å². The Morgan fingerprint density at radius 3 is 3.00 bits per heavy atom. The minimum absolute atomic E-state index is 0.0748. The third-order valence-corrected chi connectivity index (χ3v) is 3.66. The van der Waals surface area contributed by atoms with Gasteiger partial charge in [-0.25, -0.2) is 4.98 Å². The fraction of sp³-hybridized carbons (Fsp3) is 0.400. The molecule has 1 fully saturated rings. The van der Waals surface area contributed by atoms with Gasteiger partial charge in [0.2, 0.25) is 5.91 Å². The lowest BCUT2D eigenvalue weighted by Gasteiger charge is -2.24. The van der Waals surface area contributed by atoms with Gasteiger partial charge in [-0.05, 0) is 12.8 Å². The van der Waals surface area contributed by atoms with Gasteiger partial charge in [-0.2, -0.15) is 0 Å². The lowest BCUT2D eigenvalue weighted by molar-refractivity contribution is -0.119. The van der Waals surface area contributed by atoms with Crippen LogP contribution in [0.25, 0.3) is 0 Å². The van der Waals surface area contributed by atoms with E-state index in [1.165, 1.54) is 6.92 Å². The molecule has 1 atom stereocenters. The first kappa shape index (κ1) is 14.4. The van der Waals surface area contributed by atoms with Gasteiger partial charge in [0, 0.05) is 25.9 Å². The van der Waals surface area contributed by atoms with E-state index in [0.717, 1.165) is 36.6 Å². The number of carbonyl (C=O) groups excluding carboxylic acids is 1. The van der Waals surface area contributed by atoms with Gasteiger partial charge in [0.15, 0.2) is 0 Å². The molecule has 0 radical (unpaired) electrons. The first-order valence-electron chi connectivity index (χ1n) is 7.32. The van der Waals surface area contributed by atoms with Gasteiger partial charge in [-0.15, -0.1) is 0 Å². The smallest absolute Gasteiger partial charge is 0.217 e. The highest BCUT2D eigenvalue weighted by Gasteiger charge is 2.28. The molecule has 3 heterocycles. The van der Waals surface area contributed by atoms with Gasteiger partial charge in [0.1, 0.15) is 5.82 Å². The average molecular weight is 298 g/mol. The third-order valence-electron chi connectivity index (χ3n) is 3.66. The maximum Gasteiger partial charge on any atom is 0.217 e. The molecule has 7 heteroatoms. The zero-order chi connectivity index (χ0) is 15.4. The van der Waals surface area contributed by atoms with Crippen molar-refractivity contribution in [1.29, 1.82) is 0 Å². The summed E-state index contributed by atoms with van der Waals surface area (Å²) in [5, 5.41) is 2.75. The molecule has 114 valence electrons. The molecular formula is C15H18N6O. The second-order valence-corrected chi connectivity index (χ2v) is 5.26. The molecule has 0 spiro atoms. The SMILES string of the molecule is CC(=O)NCc1cncc([C@@H]2CCCN2c2cnccn2)n1. The van der Waals surface area contributed by atoms with Gasteiger partial charge in [-0.3, -0.25) is 19.7 Å². The van der Waals surface area contributed by atoms with Gasteiger partial charge >= 0.3 is 0 Å². The number of rotatable bonds is 4. The summed E-state index contributed by atoms with van der Waals surface area (Å²) >= 11 is 0. The number of hydrogen-bond donors (Lipinski definition) is 1. The van der Waals surface area contributed by atoms with Crippen molar-refractivity contribution in [3.8, 4) is 0 Å². The molecule has 22 heavy (non-hydrogen) atoms. The molecule has 2 aromatic heterocycles. The number of hydrogen-bond acceptors (Lipinski definition) is 6. The lowest BCUT2D eigenvalue weighted by atomic mass is 10.1. The van der Waals surface area contributed by atoms with Crippen molar-refractivity contribution in [2.75, 3.05) is 11.4 Å². The number of carbonyl (C=O) groups is 1. The van der Waals surface area contributed by atoms with E-state index in [-0.39, 0.29) is 11.9 Å². The fourth-order valence-corrected chi connectivity index (χ4v) is 2.67. The predicted molar refractivity (Wildman–Crippen MR) is 80.9 cm³/mol. The van der Waals surface area contributed by atoms with Crippen LogP contribution in [0.5, 0.6) is 0 Å². The van der Waals surface area contributed by atoms with Gasteiger partial charge in [0.25, 0.3) is 0 Å². The molecule has 0 bridgehead atoms. The Bertz CT molecular complexity index is 647. The summed E-state index contributed by atoms with van der Waals surface area (Å²) in [5.74, 6) is 0.785. The normalized spacial score (nSPS) is 17.5. The van der Waals surface area contributed by atoms with Crippen LogP contribution in [0.1, 0.15) is 37.2 Å². The van der Waals surface area contributed by atoms with Crippen molar-refractivity contribution < 1.29 is 4.79 Å². The molecule has 0 aromatic carbocycles. The third kappa shape index (κ3) is 3.19. The number of nitrogens with one attached hydrogen (secondary N) is 1. The summed E-state index contributed by atoms with van der Waals surface area (Å²) in [4.78, 5) is 30.6. The maximum absolute atomic E-state index is 11.0. The highest BCUT2D eigenvalue weighted by Crippen LogP contribution is 2.33. The Kier molecular flexibility index (Phi) is 4.22. The van der Waals surface area contributed by atoms with E-state index in [0.29, 0.717) is 6.54 Å². The highest BCUT2D eigenvalue weighted by molar-refractivity contribution is 5.72. The second kappa shape index (κ2) is 6.46. The Morgan fingerprint density at radius 2 is 2.23 bits per heavy atom. The maximum atomic E-state index is 11.0. The van der Waals surface area contributed by atoms with Gasteiger partial charge in [-0.1, -0.05) is 0 Å². The zero-order valence-corrected chi connectivity index (χ0v) is 12.4. The molecule has 1 N–H and O–H groups in total. The zero-order valence-electron chi connectivity index (χ0n) is 12.4. The molecular weight excluding hydrogens is 280 g/mol. The van der Waals surface area contributed by atoms with Crippen LogP contribution in [0.4, 0.5) is 5.82 Å². The first-order valence-corrected chi connectivity index (χ1v) is 7.32. The quantitative estimate of drug-likeness (QED) is 0.914. The van der Waals surface area contributed by atoms with Crippen molar-refractivity contribution in [3.63, 3.8) is 0 Å². The van der Waals surface area contributed by atoms with E-state index in [1.807, 2.05) is 0 Å². The van der Waals surface area contributed by atoms with Crippen molar-refractivity contribution >= 4 is 11.7 Å². The van der Waals surface area contributed by atoms with Crippen LogP contribution in [-0.4, -0.2) is 32.4 Å². The summed E-state index contributed by atoms with van der Waals surface area (Å²) in [7, 11) is 0. The molecule has 1 aliphatic heterocycles. The standard InChI is InChI=1S/C15H18N6O/c1-11(22)19-8-12-7-17-9-13(20-12)14-3-2-6-21(14)15-10-16-4-5-18-15/h4-5,7,9-10,14H,2-3,6,8H2,1H3,(H,19,22)/t14-/m0/s1. The second-order valence-electron chi connectivity index (χ2n) is 5.26. The van der Waals surface area contributed by atoms with Crippen molar-refractivity contribution in [1.82, 2.24) is 25.3 Å². The van der Waals surface area contributed by atoms with Crippen LogP contribution < -0.4 is 10.2 Å². The van der Waals surface area contributed by atoms with E-state index in [1.54, 1.807) is 31.0 Å². The molecule has 0 aliphatic carbocycles. The number of nitrogens with zero attached hydrogens (tertiary/aromatic N) is 5. The summed E-state index contributed by atoms with van der Waals surface area (Å²) in [6.07, 6.45) is 10.7. The molecule has 1 saturated heterocycles. The van der Waals surface area contributed by atoms with E-state index in [9.17, 15) is 4.79 Å². The van der Waals surface area contributed by atoms with E-state index in [2.05, 4.69) is 30.2 Å². The van der Waals surface area contributed by atoms with Crippen LogP contribution >= 0.6 is 0 Å². The molecule has 1 aliphatic rings. The Morgan fingerprint density at radius 1 is 1.32 bits per heavy atom. The minimum atomic E-state index is -0.0748. The molecule has 0 saturated carbocycles. The summed E-state index contributed by atoms with van der Waals surface area (Å²) in [6, 6.07) is 0.154. The summed E-state index contributed by atoms with van der Waals surface area (Å²) < 4.78 is 0. The lowest BCUT2D eigenvalue weighted by Crippen LogP contribution is -2.25. The minimum Gasteiger partial charge on any atom is -0.351 e. The van der Waals surface area contributed by atoms with Crippen molar-refractivity contribution in [3.05, 3.63) is 42.4 Å². The van der Waals surface area contributed by atoms with Crippen LogP contribution in [0, 0.1) is 0 Å². The van der Waals surface area contributed by atoms with Crippen LogP contribution in [0.15, 0.2) is 31.0 Å². The number of amides is 1. The molecule has 7 nitrogen and oxygen atoms in total. The molecule has 0 unspecified atom stereocenters. The van der Waals surface area contributed by atoms with E-state index >= 15 is 0 Å². The summed E-state index contributed by atoms with van der Waals surface area (Å²) in [6.45, 7) is 2.82. The van der Waals surface area contributed by atoms with Crippen LogP contribution in [-0.2, 0) is 11.3 Å². The Labute approximate surface area is 128 Å². The monoisotopic (exact) mass is 298 g/mol. The Hall–Kier alpha value is -2.57. The number of aromatic nitrogens is 4. The van der Waals surface area contributed by atoms with Crippen LogP contribution in [0.2, 0.25) is 0 Å². The largest absolute Gasteiger partial charge is 0.351 e. The average Bonchev–Trinajstić information content (AvgIpc) is 3.04. The highest BCUT2D eigenvalue weighted by atomic mass is 16.1. The van der Waals surface area contributed by atoms with Crippen LogP contribution in [0.3, 0.4) is 0 Å². The topological polar surface area (TPSA) is 83.9 Å². The summed E-state index contributed by atoms with van der Waals surface area (Å²) in [5.41, 5.74) is 1.67.